The molecule has 0 heterocycles. The largest absolute Gasteiger partial charge is 0.497 e. The number of carbonyl (C=O) groups is 1. The van der Waals surface area contributed by atoms with Gasteiger partial charge in [0.15, 0.2) is 0 Å². The van der Waals surface area contributed by atoms with Crippen molar-refractivity contribution in [2.24, 2.45) is 5.92 Å². The third-order valence-electron chi connectivity index (χ3n) is 5.42. The van der Waals surface area contributed by atoms with Gasteiger partial charge in [-0.15, -0.1) is 0 Å². The van der Waals surface area contributed by atoms with Gasteiger partial charge in [-0.05, 0) is 48.7 Å². The van der Waals surface area contributed by atoms with Crippen LogP contribution >= 0.6 is 0 Å². The molecule has 0 fully saturated rings. The van der Waals surface area contributed by atoms with Crippen LogP contribution in [-0.4, -0.2) is 41.6 Å². The molecule has 0 aliphatic heterocycles. The molecule has 176 valence electrons. The van der Waals surface area contributed by atoms with Crippen LogP contribution in [0.3, 0.4) is 0 Å². The van der Waals surface area contributed by atoms with Crippen molar-refractivity contribution in [1.82, 2.24) is 5.32 Å². The van der Waals surface area contributed by atoms with Crippen LogP contribution in [0.4, 0.5) is 5.69 Å². The molecule has 0 aliphatic carbocycles. The molecule has 1 atom stereocenters. The second kappa shape index (κ2) is 12.3. The molecule has 32 heavy (non-hydrogen) atoms. The summed E-state index contributed by atoms with van der Waals surface area (Å²) in [6.07, 6.45) is 4.20. The first-order chi connectivity index (χ1) is 15.4. The van der Waals surface area contributed by atoms with Crippen molar-refractivity contribution in [2.75, 3.05) is 31.6 Å². The lowest BCUT2D eigenvalue weighted by atomic mass is 9.99. The van der Waals surface area contributed by atoms with E-state index in [0.717, 1.165) is 30.0 Å². The third-order valence-corrected chi connectivity index (χ3v) is 7.19. The van der Waals surface area contributed by atoms with Crippen LogP contribution in [0.1, 0.15) is 39.5 Å². The Balaban J connectivity index is 2.31. The van der Waals surface area contributed by atoms with E-state index in [1.54, 1.807) is 36.4 Å². The summed E-state index contributed by atoms with van der Waals surface area (Å²) in [6.45, 7) is 4.42. The van der Waals surface area contributed by atoms with E-state index in [1.807, 2.05) is 0 Å². The van der Waals surface area contributed by atoms with Crippen LogP contribution in [0.2, 0.25) is 0 Å². The van der Waals surface area contributed by atoms with E-state index >= 15 is 0 Å². The van der Waals surface area contributed by atoms with Gasteiger partial charge < -0.3 is 14.8 Å². The van der Waals surface area contributed by atoms with Crippen LogP contribution in [-0.2, 0) is 14.8 Å². The first-order valence-electron chi connectivity index (χ1n) is 10.9. The van der Waals surface area contributed by atoms with Crippen molar-refractivity contribution < 1.29 is 22.7 Å². The van der Waals surface area contributed by atoms with Gasteiger partial charge in [0.25, 0.3) is 10.0 Å². The van der Waals surface area contributed by atoms with Crippen molar-refractivity contribution in [3.63, 3.8) is 0 Å². The lowest BCUT2D eigenvalue weighted by Gasteiger charge is -2.26. The molecule has 0 aliphatic rings. The first kappa shape index (κ1) is 25.5. The number of sulfonamides is 1. The van der Waals surface area contributed by atoms with Gasteiger partial charge in [-0.3, -0.25) is 9.10 Å². The zero-order chi connectivity index (χ0) is 23.6. The molecule has 1 amide bonds. The molecule has 0 bridgehead atoms. The Bertz CT molecular complexity index is 961. The summed E-state index contributed by atoms with van der Waals surface area (Å²) >= 11 is 0. The van der Waals surface area contributed by atoms with E-state index in [1.165, 1.54) is 26.4 Å². The van der Waals surface area contributed by atoms with E-state index in [9.17, 15) is 13.2 Å². The number of carbonyl (C=O) groups excluding carboxylic acids is 1. The summed E-state index contributed by atoms with van der Waals surface area (Å²) in [5, 5.41) is 2.92. The minimum Gasteiger partial charge on any atom is -0.497 e. The second-order valence-electron chi connectivity index (χ2n) is 7.58. The van der Waals surface area contributed by atoms with Crippen molar-refractivity contribution in [1.29, 1.82) is 0 Å². The fraction of sp³-hybridized carbons (Fsp3) is 0.458. The maximum absolute atomic E-state index is 13.5. The normalized spacial score (nSPS) is 12.1. The summed E-state index contributed by atoms with van der Waals surface area (Å²) in [6, 6.07) is 12.8. The number of para-hydroxylation sites is 2. The van der Waals surface area contributed by atoms with Crippen molar-refractivity contribution in [3.05, 3.63) is 48.5 Å². The second-order valence-corrected chi connectivity index (χ2v) is 9.44. The molecule has 2 rings (SSSR count). The quantitative estimate of drug-likeness (QED) is 0.481. The summed E-state index contributed by atoms with van der Waals surface area (Å²) in [7, 11) is -1.05. The number of rotatable bonds is 13. The number of methoxy groups -OCH3 is 2. The molecule has 0 radical (unpaired) electrons. The predicted octanol–water partition coefficient (Wildman–Crippen LogP) is 4.23. The highest BCUT2D eigenvalue weighted by molar-refractivity contribution is 7.92. The Hall–Kier alpha value is -2.74. The van der Waals surface area contributed by atoms with Gasteiger partial charge in [0.2, 0.25) is 5.91 Å². The standard InChI is InChI=1S/C24H34N2O5S/c1-5-7-10-19(6-2)17-25-24(27)18-26(22-11-8-9-12-23(22)31-4)32(28,29)21-15-13-20(30-3)14-16-21/h8-9,11-16,19H,5-7,10,17-18H2,1-4H3,(H,25,27)/t19-/m1/s1. The van der Waals surface area contributed by atoms with Crippen molar-refractivity contribution in [2.45, 2.75) is 44.4 Å². The molecule has 1 N–H and O–H groups in total. The van der Waals surface area contributed by atoms with Gasteiger partial charge in [0.05, 0.1) is 24.8 Å². The summed E-state index contributed by atoms with van der Waals surface area (Å²) in [5.41, 5.74) is 0.305. The van der Waals surface area contributed by atoms with E-state index < -0.39 is 10.0 Å². The summed E-state index contributed by atoms with van der Waals surface area (Å²) < 4.78 is 38.6. The van der Waals surface area contributed by atoms with E-state index in [-0.39, 0.29) is 17.3 Å². The molecule has 8 heteroatoms. The van der Waals surface area contributed by atoms with Crippen molar-refractivity contribution in [3.8, 4) is 11.5 Å². The van der Waals surface area contributed by atoms with Gasteiger partial charge in [-0.1, -0.05) is 45.2 Å². The number of ether oxygens (including phenoxy) is 2. The van der Waals surface area contributed by atoms with Gasteiger partial charge in [0.1, 0.15) is 18.0 Å². The zero-order valence-electron chi connectivity index (χ0n) is 19.3. The van der Waals surface area contributed by atoms with E-state index in [2.05, 4.69) is 19.2 Å². The maximum atomic E-state index is 13.5. The van der Waals surface area contributed by atoms with Crippen LogP contribution in [0, 0.1) is 5.92 Å². The van der Waals surface area contributed by atoms with Gasteiger partial charge in [-0.2, -0.15) is 0 Å². The SMILES string of the molecule is CCCC[C@@H](CC)CNC(=O)CN(c1ccccc1OC)S(=O)(=O)c1ccc(OC)cc1. The molecule has 2 aromatic rings. The minimum atomic E-state index is -4.03. The Morgan fingerprint density at radius 2 is 1.72 bits per heavy atom. The molecule has 2 aromatic carbocycles. The highest BCUT2D eigenvalue weighted by atomic mass is 32.2. The number of unbranched alkanes of at least 4 members (excludes halogenated alkanes) is 1. The van der Waals surface area contributed by atoms with Crippen LogP contribution < -0.4 is 19.1 Å². The first-order valence-corrected chi connectivity index (χ1v) is 12.4. The number of anilines is 1. The fourth-order valence-electron chi connectivity index (χ4n) is 3.40. The number of nitrogens with one attached hydrogen (secondary N) is 1. The van der Waals surface area contributed by atoms with Gasteiger partial charge >= 0.3 is 0 Å². The Labute approximate surface area is 191 Å². The smallest absolute Gasteiger partial charge is 0.264 e. The fourth-order valence-corrected chi connectivity index (χ4v) is 4.83. The predicted molar refractivity (Wildman–Crippen MR) is 127 cm³/mol. The highest BCUT2D eigenvalue weighted by Gasteiger charge is 2.29. The highest BCUT2D eigenvalue weighted by Crippen LogP contribution is 2.32. The summed E-state index contributed by atoms with van der Waals surface area (Å²) in [4.78, 5) is 12.9. The monoisotopic (exact) mass is 462 g/mol. The lowest BCUT2D eigenvalue weighted by Crippen LogP contribution is -2.42. The summed E-state index contributed by atoms with van der Waals surface area (Å²) in [5.74, 6) is 0.926. The molecule has 0 spiro atoms. The van der Waals surface area contributed by atoms with Gasteiger partial charge in [-0.25, -0.2) is 8.42 Å². The zero-order valence-corrected chi connectivity index (χ0v) is 20.2. The number of hydrogen-bond donors (Lipinski definition) is 1. The maximum Gasteiger partial charge on any atom is 0.264 e. The average Bonchev–Trinajstić information content (AvgIpc) is 2.82. The Morgan fingerprint density at radius 1 is 1.03 bits per heavy atom. The van der Waals surface area contributed by atoms with Crippen LogP contribution in [0.25, 0.3) is 0 Å². The van der Waals surface area contributed by atoms with E-state index in [0.29, 0.717) is 29.6 Å². The average molecular weight is 463 g/mol. The van der Waals surface area contributed by atoms with Crippen LogP contribution in [0.15, 0.2) is 53.4 Å². The molecule has 7 nitrogen and oxygen atoms in total. The van der Waals surface area contributed by atoms with Crippen LogP contribution in [0.5, 0.6) is 11.5 Å². The Morgan fingerprint density at radius 3 is 2.31 bits per heavy atom. The molecule has 0 unspecified atom stereocenters. The number of benzene rings is 2. The number of amides is 1. The third kappa shape index (κ3) is 6.63. The molecule has 0 aromatic heterocycles. The van der Waals surface area contributed by atoms with E-state index in [4.69, 9.17) is 9.47 Å². The number of nitrogens with zero attached hydrogens (tertiary/aromatic N) is 1. The molecule has 0 saturated carbocycles. The van der Waals surface area contributed by atoms with Crippen molar-refractivity contribution >= 4 is 21.6 Å². The molecular weight excluding hydrogens is 428 g/mol. The number of hydrogen-bond acceptors (Lipinski definition) is 5. The molecular formula is C24H34N2O5S. The minimum absolute atomic E-state index is 0.0615. The lowest BCUT2D eigenvalue weighted by molar-refractivity contribution is -0.119. The Kier molecular flexibility index (Phi) is 9.84. The molecule has 0 saturated heterocycles. The van der Waals surface area contributed by atoms with Gasteiger partial charge in [0, 0.05) is 6.54 Å². The topological polar surface area (TPSA) is 84.9 Å².